The highest BCUT2D eigenvalue weighted by Gasteiger charge is 2.26. The number of carbonyl (C=O) groups excluding carboxylic acids is 2. The maximum Gasteiger partial charge on any atom is 0.296 e. The first-order chi connectivity index (χ1) is 16.5. The van der Waals surface area contributed by atoms with Crippen molar-refractivity contribution in [1.82, 2.24) is 10.2 Å². The molecule has 0 unspecified atom stereocenters. The molecule has 1 atom stereocenters. The predicted octanol–water partition coefficient (Wildman–Crippen LogP) is 3.65. The molecule has 1 N–H and O–H groups in total. The van der Waals surface area contributed by atoms with Crippen molar-refractivity contribution >= 4 is 39.1 Å². The van der Waals surface area contributed by atoms with Crippen LogP contribution < -0.4 is 9.62 Å². The molecule has 2 aromatic rings. The number of para-hydroxylation sites is 1. The number of aryl methyl sites for hydroxylation is 2. The van der Waals surface area contributed by atoms with Crippen molar-refractivity contribution in [2.45, 2.75) is 51.0 Å². The molecule has 0 radical (unpaired) electrons. The van der Waals surface area contributed by atoms with Crippen molar-refractivity contribution in [2.24, 2.45) is 0 Å². The lowest BCUT2D eigenvalue weighted by atomic mass is 10.1. The second kappa shape index (κ2) is 11.1. The van der Waals surface area contributed by atoms with Crippen LogP contribution in [0.1, 0.15) is 42.9 Å². The van der Waals surface area contributed by atoms with Gasteiger partial charge in [-0.2, -0.15) is 0 Å². The van der Waals surface area contributed by atoms with E-state index in [4.69, 9.17) is 11.6 Å². The molecule has 7 nitrogen and oxygen atoms in total. The molecule has 0 saturated carbocycles. The highest BCUT2D eigenvalue weighted by Crippen LogP contribution is 2.29. The highest BCUT2D eigenvalue weighted by molar-refractivity contribution is 7.92. The van der Waals surface area contributed by atoms with E-state index < -0.39 is 22.0 Å². The fourth-order valence-electron chi connectivity index (χ4n) is 3.97. The number of piperidine rings is 1. The smallest absolute Gasteiger partial charge is 0.296 e. The summed E-state index contributed by atoms with van der Waals surface area (Å²) in [4.78, 5) is 26.9. The molecule has 2 amide bonds. The molecule has 9 heteroatoms. The van der Waals surface area contributed by atoms with E-state index in [0.717, 1.165) is 23.6 Å². The van der Waals surface area contributed by atoms with Crippen LogP contribution in [-0.4, -0.2) is 51.3 Å². The number of nitrogens with zero attached hydrogens (tertiary/aromatic N) is 2. The van der Waals surface area contributed by atoms with Gasteiger partial charge >= 0.3 is 0 Å². The van der Waals surface area contributed by atoms with E-state index >= 15 is 0 Å². The zero-order chi connectivity index (χ0) is 25.8. The Morgan fingerprint density at radius 1 is 1.09 bits per heavy atom. The lowest BCUT2D eigenvalue weighted by Gasteiger charge is -2.29. The molecule has 1 fully saturated rings. The molecule has 1 aliphatic heterocycles. The molecule has 3 rings (SSSR count). The van der Waals surface area contributed by atoms with Gasteiger partial charge in [-0.15, -0.1) is 0 Å². The number of sulfonamides is 1. The minimum atomic E-state index is -3.91. The molecule has 0 aromatic heterocycles. The maximum absolute atomic E-state index is 13.4. The quantitative estimate of drug-likeness (QED) is 0.616. The standard InChI is InChI=1S/C26H30ClN3O4S/c1-18-17-24(19(2)16-22(18)27)35(33,34)29(4)23-11-7-6-10-21(23)12-13-25(31)28-20(3)26(32)30-14-8-5-9-15-30/h6-7,10-11,16-17,20H,5,8-9,14-15H2,1-4H3,(H,28,31)/t20-/m1/s1. The molecule has 1 aliphatic rings. The Kier molecular flexibility index (Phi) is 8.47. The predicted molar refractivity (Wildman–Crippen MR) is 138 cm³/mol. The first-order valence-corrected chi connectivity index (χ1v) is 13.3. The third-order valence-corrected chi connectivity index (χ3v) is 8.36. The summed E-state index contributed by atoms with van der Waals surface area (Å²) in [6.45, 7) is 6.47. The van der Waals surface area contributed by atoms with Crippen LogP contribution in [0.3, 0.4) is 0 Å². The van der Waals surface area contributed by atoms with E-state index in [0.29, 0.717) is 40.5 Å². The Hall–Kier alpha value is -3.02. The fraction of sp³-hybridized carbons (Fsp3) is 0.385. The number of hydrogen-bond donors (Lipinski definition) is 1. The summed E-state index contributed by atoms with van der Waals surface area (Å²) in [7, 11) is -2.47. The number of hydrogen-bond acceptors (Lipinski definition) is 4. The summed E-state index contributed by atoms with van der Waals surface area (Å²) in [5.41, 5.74) is 1.88. The topological polar surface area (TPSA) is 86.8 Å². The summed E-state index contributed by atoms with van der Waals surface area (Å²) in [5, 5.41) is 3.12. The SMILES string of the molecule is Cc1cc(S(=O)(=O)N(C)c2ccccc2C#CC(=O)N[C@H](C)C(=O)N2CCCCC2)c(C)cc1Cl. The molecule has 1 heterocycles. The minimum Gasteiger partial charge on any atom is -0.341 e. The first-order valence-electron chi connectivity index (χ1n) is 11.5. The molecular formula is C26H30ClN3O4S. The number of rotatable bonds is 5. The average Bonchev–Trinajstić information content (AvgIpc) is 2.84. The Morgan fingerprint density at radius 2 is 1.74 bits per heavy atom. The molecule has 35 heavy (non-hydrogen) atoms. The van der Waals surface area contributed by atoms with Crippen molar-refractivity contribution in [3.05, 3.63) is 58.1 Å². The Bertz CT molecular complexity index is 1290. The average molecular weight is 516 g/mol. The number of likely N-dealkylation sites (tertiary alicyclic amines) is 1. The minimum absolute atomic E-state index is 0.125. The second-order valence-corrected chi connectivity index (χ2v) is 11.0. The van der Waals surface area contributed by atoms with Gasteiger partial charge in [0.2, 0.25) is 5.91 Å². The van der Waals surface area contributed by atoms with Gasteiger partial charge < -0.3 is 10.2 Å². The first kappa shape index (κ1) is 26.6. The van der Waals surface area contributed by atoms with Gasteiger partial charge in [-0.1, -0.05) is 29.7 Å². The lowest BCUT2D eigenvalue weighted by molar-refractivity contribution is -0.135. The fourth-order valence-corrected chi connectivity index (χ4v) is 5.69. The largest absolute Gasteiger partial charge is 0.341 e. The van der Waals surface area contributed by atoms with Crippen LogP contribution in [0.2, 0.25) is 5.02 Å². The van der Waals surface area contributed by atoms with Crippen LogP contribution in [0.4, 0.5) is 5.69 Å². The molecule has 0 bridgehead atoms. The summed E-state index contributed by atoms with van der Waals surface area (Å²) in [6, 6.07) is 9.16. The molecule has 186 valence electrons. The van der Waals surface area contributed by atoms with Gasteiger partial charge in [0.1, 0.15) is 6.04 Å². The van der Waals surface area contributed by atoms with E-state index in [1.165, 1.54) is 7.05 Å². The van der Waals surface area contributed by atoms with Gasteiger partial charge in [0.05, 0.1) is 10.6 Å². The van der Waals surface area contributed by atoms with Gasteiger partial charge in [-0.05, 0) is 75.4 Å². The molecular weight excluding hydrogens is 486 g/mol. The van der Waals surface area contributed by atoms with Crippen LogP contribution in [-0.2, 0) is 19.6 Å². The highest BCUT2D eigenvalue weighted by atomic mass is 35.5. The van der Waals surface area contributed by atoms with Crippen molar-refractivity contribution < 1.29 is 18.0 Å². The van der Waals surface area contributed by atoms with E-state index in [9.17, 15) is 18.0 Å². The van der Waals surface area contributed by atoms with Gasteiger partial charge in [-0.3, -0.25) is 13.9 Å². The lowest BCUT2D eigenvalue weighted by Crippen LogP contribution is -2.48. The zero-order valence-electron chi connectivity index (χ0n) is 20.4. The van der Waals surface area contributed by atoms with Crippen LogP contribution >= 0.6 is 11.6 Å². The number of benzene rings is 2. The summed E-state index contributed by atoms with van der Waals surface area (Å²) in [5.74, 6) is 4.53. The van der Waals surface area contributed by atoms with Gasteiger partial charge in [0, 0.05) is 36.6 Å². The Labute approximate surface area is 212 Å². The summed E-state index contributed by atoms with van der Waals surface area (Å²) in [6.07, 6.45) is 3.04. The third kappa shape index (κ3) is 6.16. The third-order valence-electron chi connectivity index (χ3n) is 6.03. The number of amides is 2. The van der Waals surface area contributed by atoms with Crippen molar-refractivity contribution in [1.29, 1.82) is 0 Å². The van der Waals surface area contributed by atoms with E-state index in [2.05, 4.69) is 17.2 Å². The van der Waals surface area contributed by atoms with E-state index in [-0.39, 0.29) is 10.8 Å². The van der Waals surface area contributed by atoms with Gasteiger partial charge in [0.25, 0.3) is 15.9 Å². The van der Waals surface area contributed by atoms with Crippen LogP contribution in [0.15, 0.2) is 41.3 Å². The van der Waals surface area contributed by atoms with Crippen molar-refractivity contribution in [3.63, 3.8) is 0 Å². The van der Waals surface area contributed by atoms with Crippen LogP contribution in [0, 0.1) is 25.7 Å². The number of nitrogens with one attached hydrogen (secondary N) is 1. The van der Waals surface area contributed by atoms with E-state index in [1.807, 2.05) is 0 Å². The molecule has 2 aromatic carbocycles. The van der Waals surface area contributed by atoms with Crippen molar-refractivity contribution in [2.75, 3.05) is 24.4 Å². The normalized spacial score (nSPS) is 14.5. The summed E-state index contributed by atoms with van der Waals surface area (Å²) >= 11 is 6.14. The molecule has 0 spiro atoms. The second-order valence-electron chi connectivity index (χ2n) is 8.69. The van der Waals surface area contributed by atoms with Gasteiger partial charge in [-0.25, -0.2) is 8.42 Å². The van der Waals surface area contributed by atoms with E-state index in [1.54, 1.807) is 62.1 Å². The monoisotopic (exact) mass is 515 g/mol. The summed E-state index contributed by atoms with van der Waals surface area (Å²) < 4.78 is 27.9. The zero-order valence-corrected chi connectivity index (χ0v) is 22.0. The number of halogens is 1. The molecule has 0 aliphatic carbocycles. The number of anilines is 1. The van der Waals surface area contributed by atoms with Crippen LogP contribution in [0.25, 0.3) is 0 Å². The van der Waals surface area contributed by atoms with Gasteiger partial charge in [0.15, 0.2) is 0 Å². The van der Waals surface area contributed by atoms with Crippen LogP contribution in [0.5, 0.6) is 0 Å². The number of carbonyl (C=O) groups is 2. The molecule has 1 saturated heterocycles. The maximum atomic E-state index is 13.4. The Balaban J connectivity index is 1.80. The Morgan fingerprint density at radius 3 is 2.43 bits per heavy atom. The van der Waals surface area contributed by atoms with Crippen molar-refractivity contribution in [3.8, 4) is 11.8 Å².